The summed E-state index contributed by atoms with van der Waals surface area (Å²) in [5, 5.41) is 10.1. The molecule has 0 bridgehead atoms. The van der Waals surface area contributed by atoms with Crippen LogP contribution in [0, 0.1) is 20.8 Å². The van der Waals surface area contributed by atoms with Gasteiger partial charge in [0.1, 0.15) is 0 Å². The fraction of sp³-hybridized carbons (Fsp3) is 0.417. The smallest absolute Gasteiger partial charge is 0.306 e. The van der Waals surface area contributed by atoms with Gasteiger partial charge in [0.2, 0.25) is 0 Å². The zero-order valence-electron chi connectivity index (χ0n) is 17.8. The summed E-state index contributed by atoms with van der Waals surface area (Å²) in [4.78, 5) is 2.34. The van der Waals surface area contributed by atoms with Crippen molar-refractivity contribution < 1.29 is 13.2 Å². The number of piperidine rings is 1. The lowest BCUT2D eigenvalue weighted by Gasteiger charge is -2.30. The summed E-state index contributed by atoms with van der Waals surface area (Å²) in [6, 6.07) is 8.61. The predicted octanol–water partition coefficient (Wildman–Crippen LogP) is 6.05. The number of aromatic nitrogens is 2. The Labute approximate surface area is 174 Å². The number of alkyl halides is 3. The lowest BCUT2D eigenvalue weighted by atomic mass is 9.88. The SMILES string of the molecule is Cc1cc(C(F)(F)F)cc(C)c1-c1nnc2c([C@H]3CCCN(C)C3)cccc2c1C. The second-order valence-corrected chi connectivity index (χ2v) is 8.50. The molecule has 0 spiro atoms. The van der Waals surface area contributed by atoms with Crippen molar-refractivity contribution in [3.8, 4) is 11.3 Å². The number of rotatable bonds is 2. The Morgan fingerprint density at radius 2 is 1.73 bits per heavy atom. The first-order chi connectivity index (χ1) is 14.2. The quantitative estimate of drug-likeness (QED) is 0.512. The lowest BCUT2D eigenvalue weighted by Crippen LogP contribution is -2.31. The molecule has 0 radical (unpaired) electrons. The van der Waals surface area contributed by atoms with Crippen LogP contribution in [0.2, 0.25) is 0 Å². The maximum Gasteiger partial charge on any atom is 0.416 e. The Morgan fingerprint density at radius 1 is 1.03 bits per heavy atom. The molecular formula is C24H26F3N3. The summed E-state index contributed by atoms with van der Waals surface area (Å²) in [5.74, 6) is 0.418. The summed E-state index contributed by atoms with van der Waals surface area (Å²) >= 11 is 0. The van der Waals surface area contributed by atoms with E-state index in [0.29, 0.717) is 22.7 Å². The van der Waals surface area contributed by atoms with Crippen LogP contribution in [-0.4, -0.2) is 35.2 Å². The van der Waals surface area contributed by atoms with Gasteiger partial charge < -0.3 is 4.90 Å². The van der Waals surface area contributed by atoms with Crippen molar-refractivity contribution in [1.29, 1.82) is 0 Å². The molecule has 0 aliphatic carbocycles. The molecule has 1 atom stereocenters. The van der Waals surface area contributed by atoms with Gasteiger partial charge in [-0.2, -0.15) is 13.2 Å². The van der Waals surface area contributed by atoms with Gasteiger partial charge in [-0.25, -0.2) is 0 Å². The average Bonchev–Trinajstić information content (AvgIpc) is 2.68. The molecule has 2 heterocycles. The van der Waals surface area contributed by atoms with Crippen LogP contribution in [-0.2, 0) is 6.18 Å². The summed E-state index contributed by atoms with van der Waals surface area (Å²) in [6.45, 7) is 7.51. The van der Waals surface area contributed by atoms with Crippen LogP contribution in [0.5, 0.6) is 0 Å². The molecule has 0 amide bonds. The first-order valence-corrected chi connectivity index (χ1v) is 10.3. The Morgan fingerprint density at radius 3 is 2.37 bits per heavy atom. The molecule has 6 heteroatoms. The van der Waals surface area contributed by atoms with E-state index in [1.54, 1.807) is 13.8 Å². The summed E-state index contributed by atoms with van der Waals surface area (Å²) in [7, 11) is 2.14. The molecule has 3 aromatic rings. The van der Waals surface area contributed by atoms with Gasteiger partial charge in [0.15, 0.2) is 0 Å². The van der Waals surface area contributed by atoms with Crippen LogP contribution < -0.4 is 0 Å². The van der Waals surface area contributed by atoms with Crippen molar-refractivity contribution in [2.75, 3.05) is 20.1 Å². The maximum absolute atomic E-state index is 13.2. The molecule has 0 unspecified atom stereocenters. The molecule has 1 fully saturated rings. The first kappa shape index (κ1) is 20.8. The highest BCUT2D eigenvalue weighted by atomic mass is 19.4. The fourth-order valence-electron chi connectivity index (χ4n) is 4.77. The number of fused-ring (bicyclic) bond motifs is 1. The topological polar surface area (TPSA) is 29.0 Å². The number of hydrogen-bond acceptors (Lipinski definition) is 3. The number of aryl methyl sites for hydroxylation is 3. The molecule has 1 aromatic heterocycles. The Balaban J connectivity index is 1.84. The zero-order valence-corrected chi connectivity index (χ0v) is 17.8. The van der Waals surface area contributed by atoms with Crippen molar-refractivity contribution in [3.05, 3.63) is 58.1 Å². The minimum Gasteiger partial charge on any atom is -0.306 e. The monoisotopic (exact) mass is 413 g/mol. The molecule has 0 N–H and O–H groups in total. The summed E-state index contributed by atoms with van der Waals surface area (Å²) in [5.41, 5.74) is 4.95. The van der Waals surface area contributed by atoms with Gasteiger partial charge >= 0.3 is 6.18 Å². The van der Waals surface area contributed by atoms with E-state index < -0.39 is 11.7 Å². The van der Waals surface area contributed by atoms with Crippen LogP contribution in [0.3, 0.4) is 0 Å². The van der Waals surface area contributed by atoms with Crippen LogP contribution in [0.15, 0.2) is 30.3 Å². The van der Waals surface area contributed by atoms with E-state index in [4.69, 9.17) is 0 Å². The largest absolute Gasteiger partial charge is 0.416 e. The van der Waals surface area contributed by atoms with E-state index in [9.17, 15) is 13.2 Å². The molecule has 2 aromatic carbocycles. The fourth-order valence-corrected chi connectivity index (χ4v) is 4.77. The minimum atomic E-state index is -4.36. The van der Waals surface area contributed by atoms with Crippen LogP contribution in [0.25, 0.3) is 22.2 Å². The predicted molar refractivity (Wildman–Crippen MR) is 114 cm³/mol. The molecule has 3 nitrogen and oxygen atoms in total. The molecule has 158 valence electrons. The molecule has 1 aliphatic rings. The zero-order chi connectivity index (χ0) is 21.6. The van der Waals surface area contributed by atoms with Crippen LogP contribution >= 0.6 is 0 Å². The van der Waals surface area contributed by atoms with Crippen molar-refractivity contribution in [2.45, 2.75) is 45.7 Å². The molecule has 1 saturated heterocycles. The van der Waals surface area contributed by atoms with Crippen molar-refractivity contribution in [2.24, 2.45) is 0 Å². The van der Waals surface area contributed by atoms with E-state index in [1.807, 2.05) is 13.0 Å². The number of benzene rings is 2. The van der Waals surface area contributed by atoms with Crippen molar-refractivity contribution in [1.82, 2.24) is 15.1 Å². The van der Waals surface area contributed by atoms with E-state index in [2.05, 4.69) is 34.3 Å². The minimum absolute atomic E-state index is 0.418. The molecular weight excluding hydrogens is 387 g/mol. The van der Waals surface area contributed by atoms with Crippen molar-refractivity contribution >= 4 is 10.9 Å². The van der Waals surface area contributed by atoms with Gasteiger partial charge in [-0.1, -0.05) is 18.2 Å². The highest BCUT2D eigenvalue weighted by Gasteiger charge is 2.32. The second-order valence-electron chi connectivity index (χ2n) is 8.50. The average molecular weight is 413 g/mol. The first-order valence-electron chi connectivity index (χ1n) is 10.3. The summed E-state index contributed by atoms with van der Waals surface area (Å²) < 4.78 is 39.6. The Hall–Kier alpha value is -2.47. The summed E-state index contributed by atoms with van der Waals surface area (Å²) in [6.07, 6.45) is -2.07. The van der Waals surface area contributed by atoms with Gasteiger partial charge in [0, 0.05) is 17.5 Å². The van der Waals surface area contributed by atoms with Crippen molar-refractivity contribution in [3.63, 3.8) is 0 Å². The standard InChI is InChI=1S/C24H26F3N3/c1-14-11-18(24(25,26)27)12-15(2)21(14)22-16(3)19-8-5-9-20(23(19)29-28-22)17-7-6-10-30(4)13-17/h5,8-9,11-12,17H,6-7,10,13H2,1-4H3/t17-/m0/s1. The second kappa shape index (κ2) is 7.65. The Kier molecular flexibility index (Phi) is 5.30. The van der Waals surface area contributed by atoms with Gasteiger partial charge in [0.05, 0.1) is 16.8 Å². The molecule has 1 aliphatic heterocycles. The number of likely N-dealkylation sites (N-methyl/N-ethyl adjacent to an activating group) is 1. The number of likely N-dealkylation sites (tertiary alicyclic amines) is 1. The van der Waals surface area contributed by atoms with Gasteiger partial charge in [0.25, 0.3) is 0 Å². The van der Waals surface area contributed by atoms with E-state index in [1.165, 1.54) is 17.7 Å². The van der Waals surface area contributed by atoms with E-state index in [-0.39, 0.29) is 0 Å². The van der Waals surface area contributed by atoms with Crippen LogP contribution in [0.1, 0.15) is 46.6 Å². The van der Waals surface area contributed by atoms with Gasteiger partial charge in [-0.3, -0.25) is 0 Å². The normalized spacial score (nSPS) is 18.2. The third-order valence-corrected chi connectivity index (χ3v) is 6.24. The maximum atomic E-state index is 13.2. The lowest BCUT2D eigenvalue weighted by molar-refractivity contribution is -0.137. The number of nitrogens with zero attached hydrogens (tertiary/aromatic N) is 3. The van der Waals surface area contributed by atoms with Gasteiger partial charge in [-0.05, 0) is 87.5 Å². The Bertz CT molecular complexity index is 1080. The third kappa shape index (κ3) is 3.69. The number of halogens is 3. The third-order valence-electron chi connectivity index (χ3n) is 6.24. The molecule has 0 saturated carbocycles. The highest BCUT2D eigenvalue weighted by molar-refractivity contribution is 5.90. The number of hydrogen-bond donors (Lipinski definition) is 0. The molecule has 4 rings (SSSR count). The van der Waals surface area contributed by atoms with Crippen LogP contribution in [0.4, 0.5) is 13.2 Å². The highest BCUT2D eigenvalue weighted by Crippen LogP contribution is 2.38. The van der Waals surface area contributed by atoms with E-state index in [0.717, 1.165) is 48.0 Å². The van der Waals surface area contributed by atoms with Gasteiger partial charge in [-0.15, -0.1) is 10.2 Å². The van der Waals surface area contributed by atoms with E-state index >= 15 is 0 Å². The molecule has 30 heavy (non-hydrogen) atoms.